The van der Waals surface area contributed by atoms with Crippen LogP contribution in [0.5, 0.6) is 5.75 Å². The maximum absolute atomic E-state index is 12.3. The number of carbonyl (C=O) groups is 2. The zero-order chi connectivity index (χ0) is 20.5. The fraction of sp³-hybridized carbons (Fsp3) is 0.263. The molecule has 0 fully saturated rings. The van der Waals surface area contributed by atoms with Crippen LogP contribution >= 0.6 is 0 Å². The number of non-ortho nitro benzene ring substituents is 1. The van der Waals surface area contributed by atoms with Crippen molar-refractivity contribution >= 4 is 28.9 Å². The summed E-state index contributed by atoms with van der Waals surface area (Å²) in [5, 5.41) is 16.2. The Morgan fingerprint density at radius 3 is 2.39 bits per heavy atom. The molecule has 1 atom stereocenters. The van der Waals surface area contributed by atoms with E-state index in [-0.39, 0.29) is 30.6 Å². The van der Waals surface area contributed by atoms with Crippen LogP contribution in [-0.4, -0.2) is 43.5 Å². The molecule has 2 aromatic carbocycles. The van der Waals surface area contributed by atoms with Gasteiger partial charge in [-0.3, -0.25) is 19.7 Å². The first-order valence-electron chi connectivity index (χ1n) is 8.73. The molecular formula is C19H23N4O5+. The van der Waals surface area contributed by atoms with Gasteiger partial charge in [-0.1, -0.05) is 18.2 Å². The van der Waals surface area contributed by atoms with E-state index in [1.807, 2.05) is 6.92 Å². The van der Waals surface area contributed by atoms with E-state index in [9.17, 15) is 19.7 Å². The number of nitro benzene ring substituents is 1. The van der Waals surface area contributed by atoms with Crippen LogP contribution in [0.1, 0.15) is 6.92 Å². The summed E-state index contributed by atoms with van der Waals surface area (Å²) in [4.78, 5) is 35.6. The quantitative estimate of drug-likeness (QED) is 0.440. The number of hydrogen-bond acceptors (Lipinski definition) is 5. The third kappa shape index (κ3) is 6.06. The predicted octanol–water partition coefficient (Wildman–Crippen LogP) is 1.09. The van der Waals surface area contributed by atoms with Gasteiger partial charge in [0.25, 0.3) is 17.5 Å². The average molecular weight is 387 g/mol. The van der Waals surface area contributed by atoms with Crippen molar-refractivity contribution in [3.63, 3.8) is 0 Å². The van der Waals surface area contributed by atoms with Gasteiger partial charge in [-0.25, -0.2) is 0 Å². The van der Waals surface area contributed by atoms with Crippen molar-refractivity contribution in [2.75, 3.05) is 37.4 Å². The molecule has 2 rings (SSSR count). The number of anilines is 2. The summed E-state index contributed by atoms with van der Waals surface area (Å²) in [5.74, 6) is -0.0238. The molecule has 0 aliphatic carbocycles. The molecule has 9 heteroatoms. The number of methoxy groups -OCH3 is 1. The maximum atomic E-state index is 12.3. The molecule has 0 heterocycles. The first-order valence-corrected chi connectivity index (χ1v) is 8.73. The highest BCUT2D eigenvalue weighted by Crippen LogP contribution is 2.22. The van der Waals surface area contributed by atoms with Crippen molar-refractivity contribution in [1.29, 1.82) is 0 Å². The van der Waals surface area contributed by atoms with Crippen molar-refractivity contribution in [2.45, 2.75) is 6.92 Å². The molecule has 0 aliphatic rings. The van der Waals surface area contributed by atoms with Crippen LogP contribution in [0.2, 0.25) is 0 Å². The largest absolute Gasteiger partial charge is 0.495 e. The molecule has 148 valence electrons. The maximum Gasteiger partial charge on any atom is 0.279 e. The van der Waals surface area contributed by atoms with Crippen molar-refractivity contribution in [3.8, 4) is 5.75 Å². The lowest BCUT2D eigenvalue weighted by atomic mass is 10.2. The van der Waals surface area contributed by atoms with E-state index >= 15 is 0 Å². The van der Waals surface area contributed by atoms with Crippen molar-refractivity contribution in [1.82, 2.24) is 0 Å². The lowest BCUT2D eigenvalue weighted by molar-refractivity contribution is -0.881. The summed E-state index contributed by atoms with van der Waals surface area (Å²) in [6, 6.07) is 12.8. The van der Waals surface area contributed by atoms with E-state index in [0.717, 1.165) is 4.90 Å². The van der Waals surface area contributed by atoms with Gasteiger partial charge in [0.05, 0.1) is 24.3 Å². The summed E-state index contributed by atoms with van der Waals surface area (Å²) in [7, 11) is 1.52. The van der Waals surface area contributed by atoms with Gasteiger partial charge in [0, 0.05) is 17.8 Å². The molecule has 0 aromatic heterocycles. The zero-order valence-electron chi connectivity index (χ0n) is 15.7. The number of amides is 2. The highest BCUT2D eigenvalue weighted by molar-refractivity contribution is 5.94. The lowest BCUT2D eigenvalue weighted by Crippen LogP contribution is -3.13. The summed E-state index contributed by atoms with van der Waals surface area (Å²) < 4.78 is 5.20. The highest BCUT2D eigenvalue weighted by Gasteiger charge is 2.18. The number of para-hydroxylation sites is 2. The molecule has 0 radical (unpaired) electrons. The standard InChI is InChI=1S/C19H22N4O5/c1-3-22(13-19(25)21-16-9-4-5-10-17(16)28-2)12-18(24)20-14-7-6-8-15(11-14)23(26)27/h4-11H,3,12-13H2,1-2H3,(H,20,24)(H,21,25)/p+1. The molecule has 0 saturated heterocycles. The molecule has 28 heavy (non-hydrogen) atoms. The van der Waals surface area contributed by atoms with E-state index in [0.29, 0.717) is 23.7 Å². The van der Waals surface area contributed by atoms with Gasteiger partial charge in [-0.15, -0.1) is 0 Å². The minimum atomic E-state index is -0.526. The van der Waals surface area contributed by atoms with Crippen LogP contribution in [0.3, 0.4) is 0 Å². The van der Waals surface area contributed by atoms with E-state index in [2.05, 4.69) is 10.6 Å². The molecule has 3 N–H and O–H groups in total. The molecule has 0 saturated carbocycles. The van der Waals surface area contributed by atoms with Crippen LogP contribution in [-0.2, 0) is 9.59 Å². The number of ether oxygens (including phenoxy) is 1. The van der Waals surface area contributed by atoms with Gasteiger partial charge in [0.15, 0.2) is 13.1 Å². The van der Waals surface area contributed by atoms with Gasteiger partial charge in [0.2, 0.25) is 0 Å². The Labute approximate surface area is 162 Å². The number of likely N-dealkylation sites (N-methyl/N-ethyl adjacent to an activating group) is 1. The van der Waals surface area contributed by atoms with E-state index < -0.39 is 4.92 Å². The number of hydrogen-bond donors (Lipinski definition) is 3. The second-order valence-corrected chi connectivity index (χ2v) is 6.06. The number of nitrogens with zero attached hydrogens (tertiary/aromatic N) is 1. The molecule has 1 unspecified atom stereocenters. The molecule has 2 amide bonds. The van der Waals surface area contributed by atoms with Crippen LogP contribution < -0.4 is 20.3 Å². The predicted molar refractivity (Wildman–Crippen MR) is 105 cm³/mol. The highest BCUT2D eigenvalue weighted by atomic mass is 16.6. The number of nitrogens with one attached hydrogen (secondary N) is 3. The Kier molecular flexibility index (Phi) is 7.46. The number of quaternary nitrogens is 1. The van der Waals surface area contributed by atoms with Crippen molar-refractivity contribution in [3.05, 3.63) is 58.6 Å². The fourth-order valence-electron chi connectivity index (χ4n) is 2.61. The minimum Gasteiger partial charge on any atom is -0.495 e. The van der Waals surface area contributed by atoms with Gasteiger partial charge < -0.3 is 20.3 Å². The third-order valence-electron chi connectivity index (χ3n) is 4.04. The fourth-order valence-corrected chi connectivity index (χ4v) is 2.61. The number of carbonyl (C=O) groups excluding carboxylic acids is 2. The van der Waals surface area contributed by atoms with E-state index in [4.69, 9.17) is 4.74 Å². The van der Waals surface area contributed by atoms with Gasteiger partial charge in [-0.05, 0) is 25.1 Å². The molecule has 0 bridgehead atoms. The van der Waals surface area contributed by atoms with Crippen LogP contribution in [0.25, 0.3) is 0 Å². The number of rotatable bonds is 9. The Bertz CT molecular complexity index is 856. The lowest BCUT2D eigenvalue weighted by Gasteiger charge is -2.17. The molecule has 2 aromatic rings. The van der Waals surface area contributed by atoms with E-state index in [1.54, 1.807) is 30.3 Å². The Morgan fingerprint density at radius 1 is 1.07 bits per heavy atom. The third-order valence-corrected chi connectivity index (χ3v) is 4.04. The van der Waals surface area contributed by atoms with Crippen molar-refractivity contribution in [2.24, 2.45) is 0 Å². The second kappa shape index (κ2) is 10.0. The molecule has 0 aliphatic heterocycles. The normalized spacial score (nSPS) is 11.4. The summed E-state index contributed by atoms with van der Waals surface area (Å²) >= 11 is 0. The van der Waals surface area contributed by atoms with E-state index in [1.165, 1.54) is 25.3 Å². The minimum absolute atomic E-state index is 0.0541. The first kappa shape index (κ1) is 20.8. The Morgan fingerprint density at radius 2 is 1.75 bits per heavy atom. The second-order valence-electron chi connectivity index (χ2n) is 6.06. The van der Waals surface area contributed by atoms with Crippen LogP contribution in [0, 0.1) is 10.1 Å². The summed E-state index contributed by atoms with van der Waals surface area (Å²) in [6.45, 7) is 2.57. The smallest absolute Gasteiger partial charge is 0.279 e. The summed E-state index contributed by atoms with van der Waals surface area (Å²) in [6.07, 6.45) is 0. The van der Waals surface area contributed by atoms with Crippen LogP contribution in [0.4, 0.5) is 17.1 Å². The SMILES string of the molecule is CC[NH+](CC(=O)Nc1cccc([N+](=O)[O-])c1)CC(=O)Nc1ccccc1OC. The topological polar surface area (TPSA) is 115 Å². The molecular weight excluding hydrogens is 364 g/mol. The Balaban J connectivity index is 1.92. The molecule has 9 nitrogen and oxygen atoms in total. The number of benzene rings is 2. The average Bonchev–Trinajstić information content (AvgIpc) is 2.67. The van der Waals surface area contributed by atoms with Gasteiger partial charge >= 0.3 is 0 Å². The first-order chi connectivity index (χ1) is 13.4. The molecule has 0 spiro atoms. The number of nitro groups is 1. The zero-order valence-corrected chi connectivity index (χ0v) is 15.7. The summed E-state index contributed by atoms with van der Waals surface area (Å²) in [5.41, 5.74) is 0.799. The van der Waals surface area contributed by atoms with Gasteiger partial charge in [0.1, 0.15) is 5.75 Å². The Hall–Kier alpha value is -3.46. The monoisotopic (exact) mass is 387 g/mol. The van der Waals surface area contributed by atoms with Crippen molar-refractivity contribution < 1.29 is 24.1 Å². The van der Waals surface area contributed by atoms with Gasteiger partial charge in [-0.2, -0.15) is 0 Å². The van der Waals surface area contributed by atoms with Crippen LogP contribution in [0.15, 0.2) is 48.5 Å².